The third-order valence-electron chi connectivity index (χ3n) is 3.29. The molecule has 2 rings (SSSR count). The molecule has 0 bridgehead atoms. The Morgan fingerprint density at radius 2 is 2.06 bits per heavy atom. The van der Waals surface area contributed by atoms with Gasteiger partial charge in [0.2, 0.25) is 0 Å². The summed E-state index contributed by atoms with van der Waals surface area (Å²) in [6, 6.07) is 5.98. The predicted molar refractivity (Wildman–Crippen MR) is 64.1 cm³/mol. The maximum Gasteiger partial charge on any atom is 0.126 e. The summed E-state index contributed by atoms with van der Waals surface area (Å²) in [4.78, 5) is 0. The largest absolute Gasteiger partial charge is 0.497 e. The second kappa shape index (κ2) is 4.74. The van der Waals surface area contributed by atoms with E-state index in [1.165, 1.54) is 18.4 Å². The summed E-state index contributed by atoms with van der Waals surface area (Å²) < 4.78 is 10.6. The van der Waals surface area contributed by atoms with Gasteiger partial charge in [-0.1, -0.05) is 6.07 Å². The Hall–Kier alpha value is -1.22. The van der Waals surface area contributed by atoms with E-state index < -0.39 is 0 Å². The van der Waals surface area contributed by atoms with Crippen LogP contribution in [0.4, 0.5) is 0 Å². The second-order valence-electron chi connectivity index (χ2n) is 4.29. The number of nitrogens with two attached hydrogens (primary N) is 1. The predicted octanol–water partition coefficient (Wildman–Crippen LogP) is 2.16. The number of methoxy groups -OCH3 is 2. The molecule has 1 aromatic rings. The molecule has 1 aliphatic rings. The van der Waals surface area contributed by atoms with Gasteiger partial charge in [-0.3, -0.25) is 0 Å². The third-order valence-corrected chi connectivity index (χ3v) is 3.29. The van der Waals surface area contributed by atoms with E-state index in [0.29, 0.717) is 12.5 Å². The molecule has 0 amide bonds. The highest BCUT2D eigenvalue weighted by Gasteiger charge is 2.32. The molecule has 1 aromatic carbocycles. The zero-order valence-corrected chi connectivity index (χ0v) is 9.90. The van der Waals surface area contributed by atoms with Gasteiger partial charge in [0.1, 0.15) is 11.5 Å². The summed E-state index contributed by atoms with van der Waals surface area (Å²) in [6.45, 7) is 0.688. The van der Waals surface area contributed by atoms with Gasteiger partial charge in [0, 0.05) is 12.0 Å². The molecule has 1 fully saturated rings. The summed E-state index contributed by atoms with van der Waals surface area (Å²) in [5.74, 6) is 2.89. The number of hydrogen-bond acceptors (Lipinski definition) is 3. The van der Waals surface area contributed by atoms with Gasteiger partial charge in [-0.05, 0) is 36.9 Å². The molecule has 3 heteroatoms. The lowest BCUT2D eigenvalue weighted by Crippen LogP contribution is -2.15. The van der Waals surface area contributed by atoms with E-state index in [1.54, 1.807) is 14.2 Å². The Kier molecular flexibility index (Phi) is 3.34. The van der Waals surface area contributed by atoms with Gasteiger partial charge < -0.3 is 15.2 Å². The molecule has 0 aromatic heterocycles. The van der Waals surface area contributed by atoms with Crippen LogP contribution in [0.1, 0.15) is 24.3 Å². The van der Waals surface area contributed by atoms with E-state index in [0.717, 1.165) is 17.4 Å². The molecule has 88 valence electrons. The van der Waals surface area contributed by atoms with E-state index in [-0.39, 0.29) is 0 Å². The minimum Gasteiger partial charge on any atom is -0.497 e. The van der Waals surface area contributed by atoms with Gasteiger partial charge in [-0.2, -0.15) is 0 Å². The van der Waals surface area contributed by atoms with E-state index in [1.807, 2.05) is 12.1 Å². The Morgan fingerprint density at radius 1 is 1.31 bits per heavy atom. The first-order valence-corrected chi connectivity index (χ1v) is 5.72. The molecular formula is C13H19NO2. The molecule has 0 radical (unpaired) electrons. The smallest absolute Gasteiger partial charge is 0.126 e. The van der Waals surface area contributed by atoms with E-state index >= 15 is 0 Å². The lowest BCUT2D eigenvalue weighted by atomic mass is 9.93. The van der Waals surface area contributed by atoms with Crippen molar-refractivity contribution in [1.82, 2.24) is 0 Å². The number of hydrogen-bond donors (Lipinski definition) is 1. The van der Waals surface area contributed by atoms with Crippen molar-refractivity contribution in [1.29, 1.82) is 0 Å². The normalized spacial score (nSPS) is 16.9. The van der Waals surface area contributed by atoms with Gasteiger partial charge in [-0.15, -0.1) is 0 Å². The van der Waals surface area contributed by atoms with Crippen LogP contribution in [0.2, 0.25) is 0 Å². The van der Waals surface area contributed by atoms with Crippen LogP contribution in [-0.2, 0) is 0 Å². The zero-order chi connectivity index (χ0) is 11.5. The Balaban J connectivity index is 2.30. The topological polar surface area (TPSA) is 44.5 Å². The summed E-state index contributed by atoms with van der Waals surface area (Å²) >= 11 is 0. The fourth-order valence-electron chi connectivity index (χ4n) is 2.20. The molecule has 0 saturated heterocycles. The highest BCUT2D eigenvalue weighted by molar-refractivity contribution is 5.43. The van der Waals surface area contributed by atoms with E-state index in [2.05, 4.69) is 6.07 Å². The van der Waals surface area contributed by atoms with E-state index in [4.69, 9.17) is 15.2 Å². The lowest BCUT2D eigenvalue weighted by molar-refractivity contribution is 0.386. The first-order chi connectivity index (χ1) is 7.80. The summed E-state index contributed by atoms with van der Waals surface area (Å²) in [5, 5.41) is 0. The maximum absolute atomic E-state index is 5.85. The van der Waals surface area contributed by atoms with Gasteiger partial charge in [0.25, 0.3) is 0 Å². The number of benzene rings is 1. The Morgan fingerprint density at radius 3 is 2.56 bits per heavy atom. The minimum absolute atomic E-state index is 0.431. The van der Waals surface area contributed by atoms with Crippen LogP contribution in [0.15, 0.2) is 18.2 Å². The highest BCUT2D eigenvalue weighted by Crippen LogP contribution is 2.45. The van der Waals surface area contributed by atoms with Crippen molar-refractivity contribution in [3.05, 3.63) is 23.8 Å². The van der Waals surface area contributed by atoms with Gasteiger partial charge in [-0.25, -0.2) is 0 Å². The average Bonchev–Trinajstić information content (AvgIpc) is 3.15. The zero-order valence-electron chi connectivity index (χ0n) is 9.90. The quantitative estimate of drug-likeness (QED) is 0.828. The van der Waals surface area contributed by atoms with Crippen LogP contribution < -0.4 is 15.2 Å². The van der Waals surface area contributed by atoms with Gasteiger partial charge in [0.05, 0.1) is 14.2 Å². The molecule has 1 aliphatic carbocycles. The second-order valence-corrected chi connectivity index (χ2v) is 4.29. The van der Waals surface area contributed by atoms with Gasteiger partial charge in [0.15, 0.2) is 0 Å². The van der Waals surface area contributed by atoms with Crippen molar-refractivity contribution in [3.63, 3.8) is 0 Å². The van der Waals surface area contributed by atoms with Crippen molar-refractivity contribution in [2.45, 2.75) is 18.8 Å². The minimum atomic E-state index is 0.431. The third kappa shape index (κ3) is 2.14. The van der Waals surface area contributed by atoms with Crippen molar-refractivity contribution in [2.75, 3.05) is 20.8 Å². The number of rotatable bonds is 5. The molecule has 1 atom stereocenters. The summed E-state index contributed by atoms with van der Waals surface area (Å²) in [7, 11) is 3.36. The van der Waals surface area contributed by atoms with Crippen LogP contribution >= 0.6 is 0 Å². The van der Waals surface area contributed by atoms with Crippen LogP contribution in [0.5, 0.6) is 11.5 Å². The highest BCUT2D eigenvalue weighted by atomic mass is 16.5. The van der Waals surface area contributed by atoms with Crippen molar-refractivity contribution >= 4 is 0 Å². The SMILES string of the molecule is COc1ccc(C(CN)C2CC2)c(OC)c1. The molecule has 0 aliphatic heterocycles. The van der Waals surface area contributed by atoms with Crippen LogP contribution in [0.25, 0.3) is 0 Å². The van der Waals surface area contributed by atoms with Crippen LogP contribution in [0.3, 0.4) is 0 Å². The number of ether oxygens (including phenoxy) is 2. The van der Waals surface area contributed by atoms with Crippen molar-refractivity contribution in [3.8, 4) is 11.5 Å². The first-order valence-electron chi connectivity index (χ1n) is 5.72. The molecule has 16 heavy (non-hydrogen) atoms. The summed E-state index contributed by atoms with van der Waals surface area (Å²) in [6.07, 6.45) is 2.58. The lowest BCUT2D eigenvalue weighted by Gasteiger charge is -2.18. The van der Waals surface area contributed by atoms with Crippen LogP contribution in [-0.4, -0.2) is 20.8 Å². The van der Waals surface area contributed by atoms with E-state index in [9.17, 15) is 0 Å². The Bertz CT molecular complexity index is 361. The monoisotopic (exact) mass is 221 g/mol. The molecule has 3 nitrogen and oxygen atoms in total. The first kappa shape index (κ1) is 11.3. The standard InChI is InChI=1S/C13H19NO2/c1-15-10-5-6-11(13(7-10)16-2)12(8-14)9-3-4-9/h5-7,9,12H,3-4,8,14H2,1-2H3. The molecule has 0 spiro atoms. The van der Waals surface area contributed by atoms with Gasteiger partial charge >= 0.3 is 0 Å². The Labute approximate surface area is 96.5 Å². The molecule has 1 unspecified atom stereocenters. The fourth-order valence-corrected chi connectivity index (χ4v) is 2.20. The molecule has 2 N–H and O–H groups in total. The molecular weight excluding hydrogens is 202 g/mol. The molecule has 0 heterocycles. The summed E-state index contributed by atoms with van der Waals surface area (Å²) in [5.41, 5.74) is 7.07. The van der Waals surface area contributed by atoms with Crippen LogP contribution in [0, 0.1) is 5.92 Å². The van der Waals surface area contributed by atoms with Crippen molar-refractivity contribution in [2.24, 2.45) is 11.7 Å². The maximum atomic E-state index is 5.85. The molecule has 1 saturated carbocycles. The average molecular weight is 221 g/mol. The fraction of sp³-hybridized carbons (Fsp3) is 0.538. The van der Waals surface area contributed by atoms with Crippen molar-refractivity contribution < 1.29 is 9.47 Å².